The molecular formula is C12H15BrF2. The highest BCUT2D eigenvalue weighted by atomic mass is 79.9. The van der Waals surface area contributed by atoms with Crippen LogP contribution in [0.15, 0.2) is 18.2 Å². The van der Waals surface area contributed by atoms with E-state index in [-0.39, 0.29) is 0 Å². The predicted molar refractivity (Wildman–Crippen MR) is 62.3 cm³/mol. The summed E-state index contributed by atoms with van der Waals surface area (Å²) in [5, 5.41) is 0. The highest BCUT2D eigenvalue weighted by Crippen LogP contribution is 2.18. The van der Waals surface area contributed by atoms with Crippen LogP contribution in [0.2, 0.25) is 0 Å². The van der Waals surface area contributed by atoms with E-state index in [2.05, 4.69) is 22.9 Å². The molecule has 3 heteroatoms. The number of hydrogen-bond donors (Lipinski definition) is 0. The lowest BCUT2D eigenvalue weighted by molar-refractivity contribution is 0.496. The molecule has 1 aromatic carbocycles. The first-order chi connectivity index (χ1) is 7.15. The average molecular weight is 277 g/mol. The predicted octanol–water partition coefficient (Wildman–Crippen LogP) is 4.46. The summed E-state index contributed by atoms with van der Waals surface area (Å²) >= 11 is 3.52. The molecule has 1 aromatic rings. The Morgan fingerprint density at radius 1 is 1.27 bits per heavy atom. The van der Waals surface area contributed by atoms with Gasteiger partial charge in [-0.15, -0.1) is 0 Å². The lowest BCUT2D eigenvalue weighted by Crippen LogP contribution is -2.02. The van der Waals surface area contributed by atoms with Crippen molar-refractivity contribution in [3.63, 3.8) is 0 Å². The molecule has 0 aliphatic carbocycles. The van der Waals surface area contributed by atoms with Gasteiger partial charge < -0.3 is 0 Å². The van der Waals surface area contributed by atoms with Gasteiger partial charge in [-0.05, 0) is 30.9 Å². The maximum Gasteiger partial charge on any atom is 0.162 e. The zero-order valence-electron chi connectivity index (χ0n) is 8.77. The van der Waals surface area contributed by atoms with Gasteiger partial charge >= 0.3 is 0 Å². The van der Waals surface area contributed by atoms with Crippen LogP contribution in [-0.4, -0.2) is 4.83 Å². The van der Waals surface area contributed by atoms with E-state index in [0.717, 1.165) is 25.3 Å². The molecule has 0 amide bonds. The van der Waals surface area contributed by atoms with Gasteiger partial charge in [0.05, 0.1) is 0 Å². The number of hydrogen-bond acceptors (Lipinski definition) is 0. The van der Waals surface area contributed by atoms with Crippen LogP contribution in [0.5, 0.6) is 0 Å². The van der Waals surface area contributed by atoms with Crippen LogP contribution in [0.4, 0.5) is 8.78 Å². The van der Waals surface area contributed by atoms with Crippen LogP contribution >= 0.6 is 15.9 Å². The monoisotopic (exact) mass is 276 g/mol. The Balaban J connectivity index is 2.54. The largest absolute Gasteiger partial charge is 0.204 e. The van der Waals surface area contributed by atoms with Gasteiger partial charge in [-0.3, -0.25) is 0 Å². The molecule has 1 atom stereocenters. The van der Waals surface area contributed by atoms with Gasteiger partial charge in [-0.1, -0.05) is 41.4 Å². The molecule has 1 rings (SSSR count). The third kappa shape index (κ3) is 3.90. The van der Waals surface area contributed by atoms with Crippen molar-refractivity contribution in [3.05, 3.63) is 35.4 Å². The highest BCUT2D eigenvalue weighted by Gasteiger charge is 2.09. The quantitative estimate of drug-likeness (QED) is 0.697. The van der Waals surface area contributed by atoms with Crippen molar-refractivity contribution in [3.8, 4) is 0 Å². The van der Waals surface area contributed by atoms with Crippen LogP contribution in [0.3, 0.4) is 0 Å². The van der Waals surface area contributed by atoms with E-state index >= 15 is 0 Å². The second-order valence-corrected chi connectivity index (χ2v) is 4.93. The first-order valence-electron chi connectivity index (χ1n) is 5.22. The molecule has 0 aromatic heterocycles. The van der Waals surface area contributed by atoms with E-state index in [1.807, 2.05) is 0 Å². The summed E-state index contributed by atoms with van der Waals surface area (Å²) in [5.74, 6) is -1.46. The standard InChI is InChI=1S/C12H15BrF2/c1-2-4-10(13)8-7-9-5-3-6-11(14)12(9)15/h3,5-6,10H,2,4,7-8H2,1H3. The molecule has 0 bridgehead atoms. The number of alkyl halides is 1. The maximum atomic E-state index is 13.2. The zero-order chi connectivity index (χ0) is 11.3. The van der Waals surface area contributed by atoms with E-state index in [1.54, 1.807) is 12.1 Å². The summed E-state index contributed by atoms with van der Waals surface area (Å²) in [6, 6.07) is 4.34. The van der Waals surface area contributed by atoms with Crippen molar-refractivity contribution in [2.75, 3.05) is 0 Å². The molecule has 0 saturated heterocycles. The Labute approximate surface area is 97.8 Å². The molecule has 0 nitrogen and oxygen atoms in total. The first kappa shape index (κ1) is 12.6. The van der Waals surface area contributed by atoms with Crippen LogP contribution in [0.25, 0.3) is 0 Å². The Morgan fingerprint density at radius 2 is 2.00 bits per heavy atom. The fraction of sp³-hybridized carbons (Fsp3) is 0.500. The van der Waals surface area contributed by atoms with Gasteiger partial charge in [-0.25, -0.2) is 8.78 Å². The topological polar surface area (TPSA) is 0 Å². The average Bonchev–Trinajstić information content (AvgIpc) is 2.21. The SMILES string of the molecule is CCCC(Br)CCc1cccc(F)c1F. The van der Waals surface area contributed by atoms with Gasteiger partial charge in [0, 0.05) is 4.83 Å². The molecule has 84 valence electrons. The highest BCUT2D eigenvalue weighted by molar-refractivity contribution is 9.09. The van der Waals surface area contributed by atoms with Crippen molar-refractivity contribution in [2.24, 2.45) is 0 Å². The van der Waals surface area contributed by atoms with E-state index in [4.69, 9.17) is 0 Å². The number of rotatable bonds is 5. The third-order valence-corrected chi connectivity index (χ3v) is 3.28. The molecule has 15 heavy (non-hydrogen) atoms. The Bertz CT molecular complexity index is 312. The molecular weight excluding hydrogens is 262 g/mol. The maximum absolute atomic E-state index is 13.2. The van der Waals surface area contributed by atoms with E-state index in [1.165, 1.54) is 0 Å². The van der Waals surface area contributed by atoms with Gasteiger partial charge in [0.1, 0.15) is 0 Å². The van der Waals surface area contributed by atoms with Gasteiger partial charge in [-0.2, -0.15) is 0 Å². The minimum Gasteiger partial charge on any atom is -0.204 e. The van der Waals surface area contributed by atoms with Crippen LogP contribution in [-0.2, 0) is 6.42 Å². The summed E-state index contributed by atoms with van der Waals surface area (Å²) < 4.78 is 26.1. The molecule has 0 radical (unpaired) electrons. The molecule has 0 heterocycles. The zero-order valence-corrected chi connectivity index (χ0v) is 10.4. The fourth-order valence-corrected chi connectivity index (χ4v) is 2.20. The molecule has 0 aliphatic heterocycles. The second kappa shape index (κ2) is 6.21. The molecule has 0 aliphatic rings. The van der Waals surface area contributed by atoms with Crippen molar-refractivity contribution in [2.45, 2.75) is 37.4 Å². The van der Waals surface area contributed by atoms with E-state index in [0.29, 0.717) is 16.8 Å². The summed E-state index contributed by atoms with van der Waals surface area (Å²) in [5.41, 5.74) is 0.468. The minimum atomic E-state index is -0.755. The van der Waals surface area contributed by atoms with Crippen molar-refractivity contribution in [1.29, 1.82) is 0 Å². The van der Waals surface area contributed by atoms with E-state index in [9.17, 15) is 8.78 Å². The second-order valence-electron chi connectivity index (χ2n) is 3.64. The van der Waals surface area contributed by atoms with Crippen molar-refractivity contribution < 1.29 is 8.78 Å². The number of halogens is 3. The molecule has 0 saturated carbocycles. The Morgan fingerprint density at radius 3 is 2.67 bits per heavy atom. The molecule has 0 N–H and O–H groups in total. The summed E-state index contributed by atoms with van der Waals surface area (Å²) in [7, 11) is 0. The normalized spacial score (nSPS) is 12.8. The summed E-state index contributed by atoms with van der Waals surface area (Å²) in [6.45, 7) is 2.11. The smallest absolute Gasteiger partial charge is 0.162 e. The summed E-state index contributed by atoms with van der Waals surface area (Å²) in [4.78, 5) is 0.394. The first-order valence-corrected chi connectivity index (χ1v) is 6.13. The van der Waals surface area contributed by atoms with Crippen LogP contribution < -0.4 is 0 Å². The van der Waals surface area contributed by atoms with Crippen molar-refractivity contribution >= 4 is 15.9 Å². The number of aryl methyl sites for hydroxylation is 1. The molecule has 1 unspecified atom stereocenters. The lowest BCUT2D eigenvalue weighted by Gasteiger charge is -2.08. The van der Waals surface area contributed by atoms with Gasteiger partial charge in [0.2, 0.25) is 0 Å². The van der Waals surface area contributed by atoms with Crippen molar-refractivity contribution in [1.82, 2.24) is 0 Å². The van der Waals surface area contributed by atoms with Crippen LogP contribution in [0, 0.1) is 11.6 Å². The van der Waals surface area contributed by atoms with Gasteiger partial charge in [0.15, 0.2) is 11.6 Å². The molecule has 0 spiro atoms. The van der Waals surface area contributed by atoms with Crippen LogP contribution in [0.1, 0.15) is 31.7 Å². The van der Waals surface area contributed by atoms with E-state index < -0.39 is 11.6 Å². The molecule has 0 fully saturated rings. The third-order valence-electron chi connectivity index (χ3n) is 2.36. The van der Waals surface area contributed by atoms with Gasteiger partial charge in [0.25, 0.3) is 0 Å². The number of benzene rings is 1. The summed E-state index contributed by atoms with van der Waals surface area (Å²) in [6.07, 6.45) is 3.59. The Hall–Kier alpha value is -0.440. The minimum absolute atomic E-state index is 0.394. The Kier molecular flexibility index (Phi) is 5.23. The lowest BCUT2D eigenvalue weighted by atomic mass is 10.1. The fourth-order valence-electron chi connectivity index (χ4n) is 1.51.